The molecular formula is C25H24N4O4S. The fraction of sp³-hybridized carbons (Fsp3) is 0.160. The van der Waals surface area contributed by atoms with Gasteiger partial charge in [0.05, 0.1) is 11.8 Å². The van der Waals surface area contributed by atoms with Crippen molar-refractivity contribution < 1.29 is 13.5 Å². The summed E-state index contributed by atoms with van der Waals surface area (Å²) in [6, 6.07) is 12.7. The molecule has 3 heterocycles. The van der Waals surface area contributed by atoms with Gasteiger partial charge in [-0.3, -0.25) is 9.52 Å². The predicted octanol–water partition coefficient (Wildman–Crippen LogP) is 3.92. The second-order valence-corrected chi connectivity index (χ2v) is 10.4. The Bertz CT molecular complexity index is 1740. The minimum Gasteiger partial charge on any atom is -0.508 e. The molecule has 0 radical (unpaired) electrons. The molecule has 0 aliphatic rings. The van der Waals surface area contributed by atoms with E-state index in [1.54, 1.807) is 35.0 Å². The fourth-order valence-corrected chi connectivity index (χ4v) is 5.13. The summed E-state index contributed by atoms with van der Waals surface area (Å²) in [6.45, 7) is 2.51. The van der Waals surface area contributed by atoms with Gasteiger partial charge in [0.25, 0.3) is 5.56 Å². The average molecular weight is 477 g/mol. The minimum absolute atomic E-state index is 0.192. The Balaban J connectivity index is 1.79. The molecule has 0 unspecified atom stereocenters. The first-order valence-electron chi connectivity index (χ1n) is 10.7. The van der Waals surface area contributed by atoms with Gasteiger partial charge in [-0.25, -0.2) is 8.42 Å². The van der Waals surface area contributed by atoms with E-state index in [4.69, 9.17) is 0 Å². The van der Waals surface area contributed by atoms with Crippen LogP contribution in [-0.2, 0) is 23.6 Å². The maximum Gasteiger partial charge on any atom is 0.272 e. The molecule has 8 nitrogen and oxygen atoms in total. The number of aromatic hydroxyl groups is 1. The van der Waals surface area contributed by atoms with Crippen LogP contribution in [0.3, 0.4) is 0 Å². The number of phenolic OH excluding ortho intramolecular Hbond substituents is 1. The monoisotopic (exact) mass is 476 g/mol. The molecule has 3 N–H and O–H groups in total. The van der Waals surface area contributed by atoms with Gasteiger partial charge in [0.2, 0.25) is 10.0 Å². The molecular weight excluding hydrogens is 452 g/mol. The summed E-state index contributed by atoms with van der Waals surface area (Å²) in [6.07, 6.45) is 6.58. The van der Waals surface area contributed by atoms with E-state index in [-0.39, 0.29) is 11.3 Å². The van der Waals surface area contributed by atoms with Crippen molar-refractivity contribution in [2.45, 2.75) is 13.5 Å². The van der Waals surface area contributed by atoms with Gasteiger partial charge >= 0.3 is 0 Å². The number of rotatable bonds is 5. The first-order chi connectivity index (χ1) is 16.1. The van der Waals surface area contributed by atoms with Gasteiger partial charge in [-0.05, 0) is 54.4 Å². The molecule has 3 aromatic heterocycles. The number of nitrogens with zero attached hydrogens (tertiary/aromatic N) is 2. The highest BCUT2D eigenvalue weighted by Gasteiger charge is 2.18. The summed E-state index contributed by atoms with van der Waals surface area (Å²) in [7, 11) is -1.67. The number of aryl methyl sites for hydroxylation is 2. The van der Waals surface area contributed by atoms with Crippen LogP contribution < -0.4 is 10.3 Å². The van der Waals surface area contributed by atoms with E-state index < -0.39 is 10.0 Å². The third-order valence-corrected chi connectivity index (χ3v) is 6.63. The van der Waals surface area contributed by atoms with Gasteiger partial charge in [-0.1, -0.05) is 6.07 Å². The lowest BCUT2D eigenvalue weighted by Gasteiger charge is -2.14. The summed E-state index contributed by atoms with van der Waals surface area (Å²) >= 11 is 0. The average Bonchev–Trinajstić information content (AvgIpc) is 3.30. The summed E-state index contributed by atoms with van der Waals surface area (Å²) in [4.78, 5) is 15.2. The fourth-order valence-electron chi connectivity index (χ4n) is 4.58. The third kappa shape index (κ3) is 3.84. The number of anilines is 1. The quantitative estimate of drug-likeness (QED) is 0.357. The van der Waals surface area contributed by atoms with Crippen LogP contribution in [0, 0.1) is 6.92 Å². The summed E-state index contributed by atoms with van der Waals surface area (Å²) in [5.41, 5.74) is 5.37. The number of H-pyrrole nitrogens is 1. The molecule has 0 fully saturated rings. The standard InChI is InChI=1S/C25H24N4O4S/c1-15-10-19(30)5-4-17(15)13-29-9-7-16-11-18(27-34(3,32)33)12-21(23(16)29)22-14-28(2)24-20(22)6-8-26-25(24)31/h4-12,14,27,30H,13H2,1-3H3,(H,26,31). The highest BCUT2D eigenvalue weighted by Crippen LogP contribution is 2.37. The number of benzene rings is 2. The number of pyridine rings is 1. The second kappa shape index (κ2) is 7.81. The number of hydrogen-bond donors (Lipinski definition) is 3. The van der Waals surface area contributed by atoms with E-state index in [1.165, 1.54) is 0 Å². The van der Waals surface area contributed by atoms with Crippen molar-refractivity contribution in [3.8, 4) is 16.9 Å². The van der Waals surface area contributed by atoms with Crippen LogP contribution >= 0.6 is 0 Å². The number of sulfonamides is 1. The lowest BCUT2D eigenvalue weighted by molar-refractivity contribution is 0.474. The van der Waals surface area contributed by atoms with Crippen molar-refractivity contribution in [3.63, 3.8) is 0 Å². The number of aromatic amines is 1. The van der Waals surface area contributed by atoms with E-state index in [1.807, 2.05) is 44.6 Å². The molecule has 0 atom stereocenters. The van der Waals surface area contributed by atoms with Crippen LogP contribution in [0.25, 0.3) is 32.9 Å². The second-order valence-electron chi connectivity index (χ2n) is 8.61. The largest absolute Gasteiger partial charge is 0.508 e. The van der Waals surface area contributed by atoms with E-state index in [2.05, 4.69) is 14.3 Å². The van der Waals surface area contributed by atoms with Crippen LogP contribution in [0.5, 0.6) is 5.75 Å². The molecule has 5 rings (SSSR count). The van der Waals surface area contributed by atoms with Gasteiger partial charge in [0, 0.05) is 59.8 Å². The summed E-state index contributed by atoms with van der Waals surface area (Å²) in [5, 5.41) is 11.4. The van der Waals surface area contributed by atoms with Crippen LogP contribution in [0.4, 0.5) is 5.69 Å². The Morgan fingerprint density at radius 2 is 1.85 bits per heavy atom. The van der Waals surface area contributed by atoms with Crippen LogP contribution in [0.2, 0.25) is 0 Å². The molecule has 0 saturated heterocycles. The number of hydrogen-bond acceptors (Lipinski definition) is 4. The van der Waals surface area contributed by atoms with E-state index in [0.717, 1.165) is 44.8 Å². The molecule has 0 bridgehead atoms. The van der Waals surface area contributed by atoms with Crippen LogP contribution in [-0.4, -0.2) is 33.9 Å². The molecule has 2 aromatic carbocycles. The number of fused-ring (bicyclic) bond motifs is 2. The zero-order chi connectivity index (χ0) is 24.2. The Hall–Kier alpha value is -3.98. The van der Waals surface area contributed by atoms with Gasteiger partial charge < -0.3 is 19.2 Å². The van der Waals surface area contributed by atoms with Crippen molar-refractivity contribution >= 4 is 37.5 Å². The first-order valence-corrected chi connectivity index (χ1v) is 12.6. The number of aromatic nitrogens is 3. The topological polar surface area (TPSA) is 109 Å². The smallest absolute Gasteiger partial charge is 0.272 e. The lowest BCUT2D eigenvalue weighted by atomic mass is 10.0. The normalized spacial score (nSPS) is 12.0. The molecule has 9 heteroatoms. The van der Waals surface area contributed by atoms with E-state index in [0.29, 0.717) is 17.7 Å². The lowest BCUT2D eigenvalue weighted by Crippen LogP contribution is -2.09. The van der Waals surface area contributed by atoms with Crippen LogP contribution in [0.1, 0.15) is 11.1 Å². The van der Waals surface area contributed by atoms with E-state index in [9.17, 15) is 18.3 Å². The highest BCUT2D eigenvalue weighted by atomic mass is 32.2. The zero-order valence-electron chi connectivity index (χ0n) is 19.0. The SMILES string of the molecule is Cc1cc(O)ccc1Cn1ccc2cc(NS(C)(=O)=O)cc(-c3cn(C)c4c(=O)[nH]ccc34)c21. The maximum atomic E-state index is 12.5. The molecule has 174 valence electrons. The van der Waals surface area contributed by atoms with Crippen LogP contribution in [0.15, 0.2) is 65.8 Å². The number of phenols is 1. The van der Waals surface area contributed by atoms with Gasteiger partial charge in [-0.15, -0.1) is 0 Å². The number of nitrogens with one attached hydrogen (secondary N) is 2. The molecule has 0 amide bonds. The Morgan fingerprint density at radius 1 is 1.06 bits per heavy atom. The molecule has 34 heavy (non-hydrogen) atoms. The molecule has 0 spiro atoms. The third-order valence-electron chi connectivity index (χ3n) is 6.02. The Labute approximate surface area is 196 Å². The molecule has 5 aromatic rings. The molecule has 0 saturated carbocycles. The van der Waals surface area contributed by atoms with Crippen molar-refractivity contribution in [2.24, 2.45) is 7.05 Å². The van der Waals surface area contributed by atoms with Crippen molar-refractivity contribution in [3.05, 3.63) is 82.5 Å². The van der Waals surface area contributed by atoms with Gasteiger partial charge in [-0.2, -0.15) is 0 Å². The van der Waals surface area contributed by atoms with Gasteiger partial charge in [0.1, 0.15) is 11.3 Å². The predicted molar refractivity (Wildman–Crippen MR) is 135 cm³/mol. The zero-order valence-corrected chi connectivity index (χ0v) is 19.8. The van der Waals surface area contributed by atoms with Crippen molar-refractivity contribution in [1.82, 2.24) is 14.1 Å². The Morgan fingerprint density at radius 3 is 2.59 bits per heavy atom. The van der Waals surface area contributed by atoms with Crippen molar-refractivity contribution in [2.75, 3.05) is 11.0 Å². The molecule has 0 aliphatic carbocycles. The highest BCUT2D eigenvalue weighted by molar-refractivity contribution is 7.92. The first kappa shape index (κ1) is 21.8. The maximum absolute atomic E-state index is 12.5. The van der Waals surface area contributed by atoms with Crippen molar-refractivity contribution in [1.29, 1.82) is 0 Å². The Kier molecular flexibility index (Phi) is 5.02. The van der Waals surface area contributed by atoms with Gasteiger partial charge in [0.15, 0.2) is 0 Å². The van der Waals surface area contributed by atoms with E-state index >= 15 is 0 Å². The minimum atomic E-state index is -3.48. The summed E-state index contributed by atoms with van der Waals surface area (Å²) in [5.74, 6) is 0.219. The summed E-state index contributed by atoms with van der Waals surface area (Å²) < 4.78 is 30.4. The molecule has 0 aliphatic heterocycles.